The van der Waals surface area contributed by atoms with Gasteiger partial charge in [0.05, 0.1) is 0 Å². The van der Waals surface area contributed by atoms with E-state index in [-0.39, 0.29) is 0 Å². The van der Waals surface area contributed by atoms with Crippen molar-refractivity contribution in [3.8, 4) is 0 Å². The minimum atomic E-state index is 1.06. The molecule has 0 saturated carbocycles. The molecule has 0 radical (unpaired) electrons. The first-order valence-electron chi connectivity index (χ1n) is 5.45. The maximum absolute atomic E-state index is 3.16. The predicted molar refractivity (Wildman–Crippen MR) is 64.9 cm³/mol. The van der Waals surface area contributed by atoms with Crippen molar-refractivity contribution < 1.29 is 0 Å². The number of likely N-dealkylation sites (N-methyl/N-ethyl adjacent to an activating group) is 1. The van der Waals surface area contributed by atoms with Crippen LogP contribution in [0.5, 0.6) is 0 Å². The molecule has 0 aliphatic rings. The lowest BCUT2D eigenvalue weighted by molar-refractivity contribution is 0.788. The largest absolute Gasteiger partial charge is 0.319 e. The molecular weight excluding hydrogens is 170 g/mol. The Bertz CT molecular complexity index is 253. The SMILES string of the molecule is CC.CNCCc1cc(C)ccc1C. The highest BCUT2D eigenvalue weighted by atomic mass is 14.8. The van der Waals surface area contributed by atoms with E-state index < -0.39 is 0 Å². The molecule has 0 spiro atoms. The summed E-state index contributed by atoms with van der Waals surface area (Å²) in [7, 11) is 1.99. The van der Waals surface area contributed by atoms with Crippen molar-refractivity contribution in [2.45, 2.75) is 34.1 Å². The number of benzene rings is 1. The molecule has 80 valence electrons. The fraction of sp³-hybridized carbons (Fsp3) is 0.538. The van der Waals surface area contributed by atoms with E-state index >= 15 is 0 Å². The molecule has 0 aliphatic heterocycles. The average Bonchev–Trinajstić information content (AvgIpc) is 2.22. The van der Waals surface area contributed by atoms with Crippen molar-refractivity contribution in [3.63, 3.8) is 0 Å². The van der Waals surface area contributed by atoms with Crippen LogP contribution in [0.25, 0.3) is 0 Å². The van der Waals surface area contributed by atoms with E-state index in [4.69, 9.17) is 0 Å². The highest BCUT2D eigenvalue weighted by Gasteiger charge is 1.96. The first-order valence-corrected chi connectivity index (χ1v) is 5.45. The third kappa shape index (κ3) is 4.43. The topological polar surface area (TPSA) is 12.0 Å². The molecule has 0 fully saturated rings. The summed E-state index contributed by atoms with van der Waals surface area (Å²) in [6.45, 7) is 9.37. The van der Waals surface area contributed by atoms with Crippen LogP contribution in [-0.4, -0.2) is 13.6 Å². The van der Waals surface area contributed by atoms with E-state index in [0.717, 1.165) is 13.0 Å². The number of aryl methyl sites for hydroxylation is 2. The minimum Gasteiger partial charge on any atom is -0.319 e. The van der Waals surface area contributed by atoms with Crippen molar-refractivity contribution in [2.24, 2.45) is 0 Å². The van der Waals surface area contributed by atoms with Crippen molar-refractivity contribution >= 4 is 0 Å². The van der Waals surface area contributed by atoms with Crippen molar-refractivity contribution in [1.82, 2.24) is 5.32 Å². The third-order valence-electron chi connectivity index (χ3n) is 2.15. The summed E-state index contributed by atoms with van der Waals surface area (Å²) in [6.07, 6.45) is 1.13. The molecule has 1 rings (SSSR count). The molecular formula is C13H23N. The smallest absolute Gasteiger partial charge is 0.00113 e. The zero-order valence-corrected chi connectivity index (χ0v) is 10.1. The van der Waals surface area contributed by atoms with E-state index in [9.17, 15) is 0 Å². The van der Waals surface area contributed by atoms with Gasteiger partial charge in [-0.05, 0) is 45.0 Å². The Kier molecular flexibility index (Phi) is 7.13. The molecule has 0 aromatic heterocycles. The Hall–Kier alpha value is -0.820. The molecule has 0 unspecified atom stereocenters. The molecule has 0 amide bonds. The van der Waals surface area contributed by atoms with Gasteiger partial charge in [0.1, 0.15) is 0 Å². The quantitative estimate of drug-likeness (QED) is 0.778. The van der Waals surface area contributed by atoms with Gasteiger partial charge in [0.15, 0.2) is 0 Å². The van der Waals surface area contributed by atoms with Crippen LogP contribution in [0.3, 0.4) is 0 Å². The standard InChI is InChI=1S/C11H17N.C2H6/c1-9-4-5-10(2)11(8-9)6-7-12-3;1-2/h4-5,8,12H,6-7H2,1-3H3;1-2H3. The average molecular weight is 193 g/mol. The van der Waals surface area contributed by atoms with Crippen LogP contribution < -0.4 is 5.32 Å². The van der Waals surface area contributed by atoms with Gasteiger partial charge in [-0.25, -0.2) is 0 Å². The van der Waals surface area contributed by atoms with Gasteiger partial charge in [0.2, 0.25) is 0 Å². The van der Waals surface area contributed by atoms with Crippen LogP contribution in [0.1, 0.15) is 30.5 Å². The zero-order chi connectivity index (χ0) is 11.0. The number of hydrogen-bond donors (Lipinski definition) is 1. The monoisotopic (exact) mass is 193 g/mol. The summed E-state index contributed by atoms with van der Waals surface area (Å²) < 4.78 is 0. The van der Waals surface area contributed by atoms with E-state index in [1.807, 2.05) is 20.9 Å². The Labute approximate surface area is 88.5 Å². The van der Waals surface area contributed by atoms with Crippen LogP contribution >= 0.6 is 0 Å². The second kappa shape index (κ2) is 7.57. The molecule has 0 atom stereocenters. The fourth-order valence-corrected chi connectivity index (χ4v) is 1.33. The van der Waals surface area contributed by atoms with Gasteiger partial charge in [-0.15, -0.1) is 0 Å². The van der Waals surface area contributed by atoms with E-state index in [1.54, 1.807) is 0 Å². The summed E-state index contributed by atoms with van der Waals surface area (Å²) in [5.74, 6) is 0. The van der Waals surface area contributed by atoms with Gasteiger partial charge in [-0.2, -0.15) is 0 Å². The third-order valence-corrected chi connectivity index (χ3v) is 2.15. The molecule has 1 heteroatoms. The van der Waals surface area contributed by atoms with Crippen LogP contribution in [0.2, 0.25) is 0 Å². The first-order chi connectivity index (χ1) is 6.74. The lowest BCUT2D eigenvalue weighted by Gasteiger charge is -2.05. The maximum atomic E-state index is 3.16. The molecule has 1 nitrogen and oxygen atoms in total. The zero-order valence-electron chi connectivity index (χ0n) is 10.1. The molecule has 1 aromatic carbocycles. The Morgan fingerprint density at radius 3 is 2.36 bits per heavy atom. The second-order valence-electron chi connectivity index (χ2n) is 3.28. The number of hydrogen-bond acceptors (Lipinski definition) is 1. The van der Waals surface area contributed by atoms with Crippen molar-refractivity contribution in [1.29, 1.82) is 0 Å². The summed E-state index contributed by atoms with van der Waals surface area (Å²) in [5.41, 5.74) is 4.21. The van der Waals surface area contributed by atoms with Crippen LogP contribution in [0.15, 0.2) is 18.2 Å². The van der Waals surface area contributed by atoms with Gasteiger partial charge >= 0.3 is 0 Å². The summed E-state index contributed by atoms with van der Waals surface area (Å²) >= 11 is 0. The van der Waals surface area contributed by atoms with Gasteiger partial charge in [-0.1, -0.05) is 37.6 Å². The van der Waals surface area contributed by atoms with Gasteiger partial charge in [0, 0.05) is 0 Å². The maximum Gasteiger partial charge on any atom is -0.00113 e. The van der Waals surface area contributed by atoms with E-state index in [0.29, 0.717) is 0 Å². The Morgan fingerprint density at radius 2 is 1.79 bits per heavy atom. The van der Waals surface area contributed by atoms with E-state index in [1.165, 1.54) is 16.7 Å². The normalized spacial score (nSPS) is 9.21. The molecule has 14 heavy (non-hydrogen) atoms. The molecule has 0 bridgehead atoms. The number of nitrogens with one attached hydrogen (secondary N) is 1. The van der Waals surface area contributed by atoms with Crippen molar-refractivity contribution in [3.05, 3.63) is 34.9 Å². The van der Waals surface area contributed by atoms with Crippen LogP contribution in [0.4, 0.5) is 0 Å². The summed E-state index contributed by atoms with van der Waals surface area (Å²) in [4.78, 5) is 0. The molecule has 0 saturated heterocycles. The highest BCUT2D eigenvalue weighted by molar-refractivity contribution is 5.30. The lowest BCUT2D eigenvalue weighted by Crippen LogP contribution is -2.11. The Morgan fingerprint density at radius 1 is 1.14 bits per heavy atom. The van der Waals surface area contributed by atoms with Crippen molar-refractivity contribution in [2.75, 3.05) is 13.6 Å². The Balaban J connectivity index is 0.000000791. The molecule has 1 aromatic rings. The second-order valence-corrected chi connectivity index (χ2v) is 3.28. The predicted octanol–water partition coefficient (Wildman–Crippen LogP) is 3.09. The van der Waals surface area contributed by atoms with Crippen LogP contribution in [-0.2, 0) is 6.42 Å². The summed E-state index contributed by atoms with van der Waals surface area (Å²) in [6, 6.07) is 6.63. The summed E-state index contributed by atoms with van der Waals surface area (Å²) in [5, 5.41) is 3.16. The lowest BCUT2D eigenvalue weighted by atomic mass is 10.0. The van der Waals surface area contributed by atoms with Gasteiger partial charge < -0.3 is 5.32 Å². The molecule has 0 heterocycles. The highest BCUT2D eigenvalue weighted by Crippen LogP contribution is 2.10. The van der Waals surface area contributed by atoms with Gasteiger partial charge in [0.25, 0.3) is 0 Å². The van der Waals surface area contributed by atoms with Crippen LogP contribution in [0, 0.1) is 13.8 Å². The molecule has 1 N–H and O–H groups in total. The van der Waals surface area contributed by atoms with Gasteiger partial charge in [-0.3, -0.25) is 0 Å². The first kappa shape index (κ1) is 13.2. The van der Waals surface area contributed by atoms with E-state index in [2.05, 4.69) is 37.4 Å². The minimum absolute atomic E-state index is 1.06. The molecule has 0 aliphatic carbocycles. The fourth-order valence-electron chi connectivity index (χ4n) is 1.33. The number of rotatable bonds is 3.